The number of carboxylic acid groups (broad SMARTS) is 1. The number of carbonyl (C=O) groups is 2. The van der Waals surface area contributed by atoms with Gasteiger partial charge in [0.15, 0.2) is 5.78 Å². The molecular weight excluding hydrogens is 134 g/mol. The second-order valence-electron chi connectivity index (χ2n) is 1.88. The number of hydrogen-bond donors (Lipinski definition) is 1. The topological polar surface area (TPSA) is 66.7 Å². The predicted molar refractivity (Wildman–Crippen MR) is 33.8 cm³/mol. The van der Waals surface area contributed by atoms with Crippen molar-refractivity contribution in [3.8, 4) is 0 Å². The molecular formula is C6H5NO3. The maximum atomic E-state index is 10.5. The summed E-state index contributed by atoms with van der Waals surface area (Å²) >= 11 is 0. The fraction of sp³-hybridized carbons (Fsp3) is 0.167. The first kappa shape index (κ1) is 6.67. The van der Waals surface area contributed by atoms with Gasteiger partial charge in [-0.3, -0.25) is 9.79 Å². The quantitative estimate of drug-likeness (QED) is 0.556. The predicted octanol–water partition coefficient (Wildman–Crippen LogP) is -0.00150. The van der Waals surface area contributed by atoms with E-state index in [0.29, 0.717) is 0 Å². The van der Waals surface area contributed by atoms with E-state index in [9.17, 15) is 9.59 Å². The summed E-state index contributed by atoms with van der Waals surface area (Å²) in [7, 11) is 0. The Morgan fingerprint density at radius 1 is 1.70 bits per heavy atom. The Kier molecular flexibility index (Phi) is 1.62. The molecule has 1 rings (SSSR count). The van der Waals surface area contributed by atoms with Gasteiger partial charge in [0, 0.05) is 12.6 Å². The molecule has 0 aromatic carbocycles. The third kappa shape index (κ3) is 1.28. The van der Waals surface area contributed by atoms with Crippen molar-refractivity contribution >= 4 is 18.0 Å². The molecule has 0 radical (unpaired) electrons. The van der Waals surface area contributed by atoms with E-state index in [1.807, 2.05) is 0 Å². The van der Waals surface area contributed by atoms with Gasteiger partial charge in [-0.1, -0.05) is 0 Å². The van der Waals surface area contributed by atoms with E-state index in [2.05, 4.69) is 4.99 Å². The van der Waals surface area contributed by atoms with Crippen LogP contribution in [0.2, 0.25) is 0 Å². The van der Waals surface area contributed by atoms with Crippen molar-refractivity contribution in [2.45, 2.75) is 6.42 Å². The lowest BCUT2D eigenvalue weighted by Crippen LogP contribution is -2.11. The second kappa shape index (κ2) is 2.43. The van der Waals surface area contributed by atoms with Crippen LogP contribution in [0.1, 0.15) is 6.42 Å². The van der Waals surface area contributed by atoms with Crippen molar-refractivity contribution in [2.24, 2.45) is 4.99 Å². The van der Waals surface area contributed by atoms with Crippen LogP contribution in [-0.2, 0) is 9.59 Å². The van der Waals surface area contributed by atoms with Crippen LogP contribution in [-0.4, -0.2) is 23.1 Å². The molecule has 0 unspecified atom stereocenters. The van der Waals surface area contributed by atoms with Gasteiger partial charge < -0.3 is 5.11 Å². The van der Waals surface area contributed by atoms with Crippen LogP contribution in [0.5, 0.6) is 0 Å². The van der Waals surface area contributed by atoms with Gasteiger partial charge in [-0.25, -0.2) is 4.79 Å². The molecule has 1 heterocycles. The van der Waals surface area contributed by atoms with E-state index in [0.717, 1.165) is 6.21 Å². The van der Waals surface area contributed by atoms with Gasteiger partial charge in [0.1, 0.15) is 0 Å². The van der Waals surface area contributed by atoms with E-state index in [1.54, 1.807) is 0 Å². The smallest absolute Gasteiger partial charge is 0.333 e. The maximum Gasteiger partial charge on any atom is 0.333 e. The first-order valence-corrected chi connectivity index (χ1v) is 2.68. The zero-order valence-corrected chi connectivity index (χ0v) is 5.07. The minimum Gasteiger partial charge on any atom is -0.478 e. The number of rotatable bonds is 1. The van der Waals surface area contributed by atoms with E-state index < -0.39 is 5.97 Å². The summed E-state index contributed by atoms with van der Waals surface area (Å²) < 4.78 is 0. The molecule has 4 heteroatoms. The zero-order chi connectivity index (χ0) is 7.56. The molecule has 1 aliphatic rings. The number of aliphatic carboxylic acids is 1. The molecule has 0 saturated carbocycles. The van der Waals surface area contributed by atoms with Gasteiger partial charge in [-0.15, -0.1) is 0 Å². The van der Waals surface area contributed by atoms with Crippen LogP contribution in [0.4, 0.5) is 0 Å². The van der Waals surface area contributed by atoms with Crippen LogP contribution in [0, 0.1) is 0 Å². The summed E-state index contributed by atoms with van der Waals surface area (Å²) in [4.78, 5) is 24.2. The number of carbonyl (C=O) groups excluding carboxylic acids is 1. The van der Waals surface area contributed by atoms with Crippen LogP contribution in [0.25, 0.3) is 0 Å². The van der Waals surface area contributed by atoms with E-state index in [-0.39, 0.29) is 17.8 Å². The lowest BCUT2D eigenvalue weighted by molar-refractivity contribution is -0.133. The molecule has 0 aromatic heterocycles. The van der Waals surface area contributed by atoms with Crippen LogP contribution >= 0.6 is 0 Å². The number of hydrogen-bond acceptors (Lipinski definition) is 3. The number of Topliss-reactive ketones (excluding diaryl/α,β-unsaturated/α-hetero) is 1. The molecule has 0 fully saturated rings. The lowest BCUT2D eigenvalue weighted by Gasteiger charge is -1.99. The standard InChI is InChI=1S/C6H5NO3/c8-5-1-4(6(9)10)2-7-3-5/h2-3H,1H2,(H,9,10). The minimum absolute atomic E-state index is 0.0428. The zero-order valence-electron chi connectivity index (χ0n) is 5.07. The molecule has 0 aromatic rings. The molecule has 0 bridgehead atoms. The van der Waals surface area contributed by atoms with Crippen LogP contribution in [0.15, 0.2) is 16.8 Å². The molecule has 0 saturated heterocycles. The third-order valence-electron chi connectivity index (χ3n) is 1.09. The van der Waals surface area contributed by atoms with Crippen LogP contribution < -0.4 is 0 Å². The molecule has 1 aliphatic heterocycles. The number of nitrogens with zero attached hydrogens (tertiary/aromatic N) is 1. The summed E-state index contributed by atoms with van der Waals surface area (Å²) in [5, 5.41) is 8.36. The first-order valence-electron chi connectivity index (χ1n) is 2.68. The maximum absolute atomic E-state index is 10.5. The fourth-order valence-corrected chi connectivity index (χ4v) is 0.620. The van der Waals surface area contributed by atoms with Crippen molar-refractivity contribution in [3.05, 3.63) is 11.8 Å². The Hall–Kier alpha value is -1.45. The van der Waals surface area contributed by atoms with Gasteiger partial charge in [0.05, 0.1) is 11.8 Å². The summed E-state index contributed by atoms with van der Waals surface area (Å²) in [6, 6.07) is 0. The van der Waals surface area contributed by atoms with Crippen molar-refractivity contribution in [2.75, 3.05) is 0 Å². The molecule has 0 amide bonds. The van der Waals surface area contributed by atoms with E-state index in [4.69, 9.17) is 5.11 Å². The van der Waals surface area contributed by atoms with E-state index in [1.165, 1.54) is 6.20 Å². The van der Waals surface area contributed by atoms with Crippen molar-refractivity contribution < 1.29 is 14.7 Å². The molecule has 10 heavy (non-hydrogen) atoms. The second-order valence-corrected chi connectivity index (χ2v) is 1.88. The van der Waals surface area contributed by atoms with E-state index >= 15 is 0 Å². The van der Waals surface area contributed by atoms with Gasteiger partial charge in [0.2, 0.25) is 0 Å². The normalized spacial score (nSPS) is 16.8. The van der Waals surface area contributed by atoms with Crippen molar-refractivity contribution in [1.82, 2.24) is 0 Å². The Bertz CT molecular complexity index is 239. The summed E-state index contributed by atoms with van der Waals surface area (Å²) in [5.74, 6) is -1.34. The average molecular weight is 139 g/mol. The number of aliphatic imine (C=N–C) groups is 1. The van der Waals surface area contributed by atoms with Gasteiger partial charge in [-0.05, 0) is 0 Å². The molecule has 0 aliphatic carbocycles. The minimum atomic E-state index is -1.08. The highest BCUT2D eigenvalue weighted by atomic mass is 16.4. The summed E-state index contributed by atoms with van der Waals surface area (Å²) in [6.07, 6.45) is 2.26. The Labute approximate surface area is 56.9 Å². The molecule has 4 nitrogen and oxygen atoms in total. The monoisotopic (exact) mass is 139 g/mol. The third-order valence-corrected chi connectivity index (χ3v) is 1.09. The highest BCUT2D eigenvalue weighted by molar-refractivity contribution is 6.30. The Balaban J connectivity index is 2.80. The van der Waals surface area contributed by atoms with Gasteiger partial charge >= 0.3 is 5.97 Å². The highest BCUT2D eigenvalue weighted by Crippen LogP contribution is 2.05. The Morgan fingerprint density at radius 3 is 2.80 bits per heavy atom. The number of ketones is 1. The molecule has 0 spiro atoms. The SMILES string of the molecule is O=C1C=NC=C(C(=O)O)C1. The highest BCUT2D eigenvalue weighted by Gasteiger charge is 2.13. The van der Waals surface area contributed by atoms with Gasteiger partial charge in [-0.2, -0.15) is 0 Å². The summed E-state index contributed by atoms with van der Waals surface area (Å²) in [6.45, 7) is 0. The fourth-order valence-electron chi connectivity index (χ4n) is 0.620. The lowest BCUT2D eigenvalue weighted by atomic mass is 10.1. The summed E-state index contributed by atoms with van der Waals surface area (Å²) in [5.41, 5.74) is 0.0486. The molecule has 52 valence electrons. The largest absolute Gasteiger partial charge is 0.478 e. The van der Waals surface area contributed by atoms with Crippen molar-refractivity contribution in [1.29, 1.82) is 0 Å². The average Bonchev–Trinajstić information content (AvgIpc) is 1.88. The Morgan fingerprint density at radius 2 is 2.40 bits per heavy atom. The molecule has 1 N–H and O–H groups in total. The van der Waals surface area contributed by atoms with Crippen molar-refractivity contribution in [3.63, 3.8) is 0 Å². The number of carboxylic acids is 1. The first-order chi connectivity index (χ1) is 4.70. The van der Waals surface area contributed by atoms with Crippen LogP contribution in [0.3, 0.4) is 0 Å². The molecule has 0 atom stereocenters. The van der Waals surface area contributed by atoms with Gasteiger partial charge in [0.25, 0.3) is 0 Å².